The molecule has 0 unspecified atom stereocenters. The number of aromatic nitrogens is 6. The third-order valence-corrected chi connectivity index (χ3v) is 9.11. The number of ether oxygens (including phenoxy) is 1. The van der Waals surface area contributed by atoms with Gasteiger partial charge in [-0.15, -0.1) is 0 Å². The maximum atomic E-state index is 14.1. The molecule has 0 spiro atoms. The smallest absolute Gasteiger partial charge is 0.381 e. The molecule has 3 aromatic heterocycles. The van der Waals surface area contributed by atoms with E-state index < -0.39 is 54.3 Å². The van der Waals surface area contributed by atoms with Crippen LogP contribution in [0.4, 0.5) is 22.0 Å². The SMILES string of the molecule is Cc1nonc1C(=O)N[C@H](c1cn2nc(C[C@H]3C[C@@H](C(F)(F)F)CNC3=O)c(C3CCOCC3)nc2n1)C1CCC(F)(F)CC1. The third kappa shape index (κ3) is 6.77. The van der Waals surface area contributed by atoms with Gasteiger partial charge in [0.05, 0.1) is 35.2 Å². The quantitative estimate of drug-likeness (QED) is 0.367. The summed E-state index contributed by atoms with van der Waals surface area (Å²) < 4.78 is 80.3. The molecule has 17 heteroatoms. The zero-order chi connectivity index (χ0) is 31.9. The van der Waals surface area contributed by atoms with Crippen LogP contribution in [0.3, 0.4) is 0 Å². The highest BCUT2D eigenvalue weighted by molar-refractivity contribution is 5.93. The Labute approximate surface area is 253 Å². The number of hydrogen-bond donors (Lipinski definition) is 2. The molecule has 3 aromatic rings. The molecule has 0 aromatic carbocycles. The van der Waals surface area contributed by atoms with E-state index in [2.05, 4.69) is 30.6 Å². The molecular formula is C28H33F5N8O4. The average Bonchev–Trinajstić information content (AvgIpc) is 3.62. The van der Waals surface area contributed by atoms with Crippen molar-refractivity contribution in [2.45, 2.75) is 82.3 Å². The Bertz CT molecular complexity index is 1540. The molecule has 2 aliphatic heterocycles. The molecule has 45 heavy (non-hydrogen) atoms. The first-order chi connectivity index (χ1) is 21.4. The van der Waals surface area contributed by atoms with Crippen molar-refractivity contribution in [2.24, 2.45) is 17.8 Å². The molecule has 1 aliphatic carbocycles. The van der Waals surface area contributed by atoms with Gasteiger partial charge in [0.15, 0.2) is 5.69 Å². The van der Waals surface area contributed by atoms with E-state index in [1.807, 2.05) is 0 Å². The van der Waals surface area contributed by atoms with E-state index in [-0.39, 0.29) is 61.6 Å². The fourth-order valence-electron chi connectivity index (χ4n) is 6.51. The molecule has 2 amide bonds. The second-order valence-corrected chi connectivity index (χ2v) is 12.2. The molecule has 3 fully saturated rings. The van der Waals surface area contributed by atoms with E-state index in [0.717, 1.165) is 0 Å². The van der Waals surface area contributed by atoms with E-state index in [0.29, 0.717) is 43.1 Å². The van der Waals surface area contributed by atoms with Crippen LogP contribution in [0.25, 0.3) is 5.78 Å². The van der Waals surface area contributed by atoms with Gasteiger partial charge in [0.25, 0.3) is 11.7 Å². The molecule has 3 atom stereocenters. The monoisotopic (exact) mass is 640 g/mol. The summed E-state index contributed by atoms with van der Waals surface area (Å²) in [5.41, 5.74) is 1.45. The number of nitrogens with one attached hydrogen (secondary N) is 2. The number of alkyl halides is 5. The number of piperidine rings is 1. The number of carbonyl (C=O) groups excluding carboxylic acids is 2. The zero-order valence-corrected chi connectivity index (χ0v) is 24.4. The fourth-order valence-corrected chi connectivity index (χ4v) is 6.51. The van der Waals surface area contributed by atoms with Crippen molar-refractivity contribution in [2.75, 3.05) is 19.8 Å². The third-order valence-electron chi connectivity index (χ3n) is 9.11. The highest BCUT2D eigenvalue weighted by atomic mass is 19.4. The van der Waals surface area contributed by atoms with Gasteiger partial charge in [-0.2, -0.15) is 18.3 Å². The van der Waals surface area contributed by atoms with Crippen molar-refractivity contribution in [1.29, 1.82) is 0 Å². The van der Waals surface area contributed by atoms with Gasteiger partial charge in [0, 0.05) is 50.9 Å². The summed E-state index contributed by atoms with van der Waals surface area (Å²) >= 11 is 0. The molecule has 3 aliphatic rings. The number of carbonyl (C=O) groups is 2. The Morgan fingerprint density at radius 1 is 1.16 bits per heavy atom. The van der Waals surface area contributed by atoms with Gasteiger partial charge in [-0.25, -0.2) is 27.9 Å². The van der Waals surface area contributed by atoms with Gasteiger partial charge >= 0.3 is 6.18 Å². The Hall–Kier alpha value is -3.76. The van der Waals surface area contributed by atoms with Crippen LogP contribution in [-0.2, 0) is 16.0 Å². The second kappa shape index (κ2) is 12.2. The standard InChI is InChI=1S/C28H33F5N8O4/c1-14-21(40-45-39-14)25(43)36-23(15-2-6-27(29,30)7-3-15)20-13-41-26(35-20)37-22(16-4-8-44-9-5-16)19(38-41)11-17-10-18(28(31,32)33)12-34-24(17)42/h13,15-18,23H,2-12H2,1H3,(H,34,42)(H,36,43)/t17-,18-,23+/m1/s1. The number of amides is 2. The van der Waals surface area contributed by atoms with E-state index >= 15 is 0 Å². The number of fused-ring (bicyclic) bond motifs is 1. The highest BCUT2D eigenvalue weighted by Gasteiger charge is 2.45. The van der Waals surface area contributed by atoms with Crippen LogP contribution >= 0.6 is 0 Å². The lowest BCUT2D eigenvalue weighted by molar-refractivity contribution is -0.183. The summed E-state index contributed by atoms with van der Waals surface area (Å²) in [6, 6.07) is -0.806. The first kappa shape index (κ1) is 31.2. The molecule has 0 radical (unpaired) electrons. The molecule has 2 N–H and O–H groups in total. The number of nitrogens with zero attached hydrogens (tertiary/aromatic N) is 6. The minimum Gasteiger partial charge on any atom is -0.381 e. The lowest BCUT2D eigenvalue weighted by Gasteiger charge is -2.33. The topological polar surface area (TPSA) is 149 Å². The zero-order valence-electron chi connectivity index (χ0n) is 24.4. The highest BCUT2D eigenvalue weighted by Crippen LogP contribution is 2.42. The van der Waals surface area contributed by atoms with Crippen molar-refractivity contribution in [3.8, 4) is 0 Å². The van der Waals surface area contributed by atoms with E-state index in [9.17, 15) is 31.5 Å². The summed E-state index contributed by atoms with van der Waals surface area (Å²) in [7, 11) is 0. The molecule has 2 saturated heterocycles. The normalized spacial score (nSPS) is 24.0. The second-order valence-electron chi connectivity index (χ2n) is 12.2. The molecule has 0 bridgehead atoms. The number of rotatable bonds is 7. The van der Waals surface area contributed by atoms with E-state index in [1.165, 1.54) is 10.7 Å². The first-order valence-corrected chi connectivity index (χ1v) is 15.0. The molecule has 6 rings (SSSR count). The van der Waals surface area contributed by atoms with E-state index in [4.69, 9.17) is 14.8 Å². The number of hydrogen-bond acceptors (Lipinski definition) is 9. The van der Waals surface area contributed by atoms with Crippen LogP contribution < -0.4 is 10.6 Å². The Balaban J connectivity index is 1.35. The van der Waals surface area contributed by atoms with Gasteiger partial charge in [-0.3, -0.25) is 9.59 Å². The largest absolute Gasteiger partial charge is 0.393 e. The van der Waals surface area contributed by atoms with Crippen LogP contribution in [0.15, 0.2) is 10.8 Å². The molecule has 1 saturated carbocycles. The van der Waals surface area contributed by atoms with Crippen LogP contribution in [0, 0.1) is 24.7 Å². The number of halogens is 5. The van der Waals surface area contributed by atoms with Crippen LogP contribution in [0.1, 0.15) is 90.2 Å². The molecule has 244 valence electrons. The fraction of sp³-hybridized carbons (Fsp3) is 0.679. The van der Waals surface area contributed by atoms with Crippen molar-refractivity contribution >= 4 is 17.6 Å². The van der Waals surface area contributed by atoms with Crippen LogP contribution in [-0.4, -0.2) is 73.6 Å². The molecule has 12 nitrogen and oxygen atoms in total. The number of imidazole rings is 1. The maximum absolute atomic E-state index is 14.1. The summed E-state index contributed by atoms with van der Waals surface area (Å²) in [5.74, 6) is -6.85. The Kier molecular flexibility index (Phi) is 8.47. The summed E-state index contributed by atoms with van der Waals surface area (Å²) in [5, 5.41) is 17.2. The Morgan fingerprint density at radius 2 is 1.89 bits per heavy atom. The van der Waals surface area contributed by atoms with Crippen molar-refractivity contribution in [3.63, 3.8) is 0 Å². The van der Waals surface area contributed by atoms with Crippen molar-refractivity contribution in [3.05, 3.63) is 34.7 Å². The van der Waals surface area contributed by atoms with E-state index in [1.54, 1.807) is 6.92 Å². The Morgan fingerprint density at radius 3 is 2.56 bits per heavy atom. The summed E-state index contributed by atoms with van der Waals surface area (Å²) in [6.45, 7) is 2.01. The summed E-state index contributed by atoms with van der Waals surface area (Å²) in [6.07, 6.45) is -2.58. The molecular weight excluding hydrogens is 607 g/mol. The minimum atomic E-state index is -4.45. The lowest BCUT2D eigenvalue weighted by Crippen LogP contribution is -2.47. The number of aryl methyl sites for hydroxylation is 1. The lowest BCUT2D eigenvalue weighted by atomic mass is 9.81. The van der Waals surface area contributed by atoms with Crippen molar-refractivity contribution < 1.29 is 40.9 Å². The van der Waals surface area contributed by atoms with Gasteiger partial charge in [0.2, 0.25) is 11.8 Å². The first-order valence-electron chi connectivity index (χ1n) is 15.0. The minimum absolute atomic E-state index is 0.0480. The molecule has 5 heterocycles. The van der Waals surface area contributed by atoms with Gasteiger partial charge < -0.3 is 15.4 Å². The van der Waals surface area contributed by atoms with Crippen LogP contribution in [0.2, 0.25) is 0 Å². The van der Waals surface area contributed by atoms with Crippen molar-refractivity contribution in [1.82, 2.24) is 40.5 Å². The van der Waals surface area contributed by atoms with Gasteiger partial charge in [-0.1, -0.05) is 5.16 Å². The average molecular weight is 641 g/mol. The van der Waals surface area contributed by atoms with Crippen LogP contribution in [0.5, 0.6) is 0 Å². The predicted molar refractivity (Wildman–Crippen MR) is 144 cm³/mol. The predicted octanol–water partition coefficient (Wildman–Crippen LogP) is 3.86. The van der Waals surface area contributed by atoms with Gasteiger partial charge in [-0.05, 0) is 50.1 Å². The summed E-state index contributed by atoms with van der Waals surface area (Å²) in [4.78, 5) is 35.3. The van der Waals surface area contributed by atoms with Gasteiger partial charge in [0.1, 0.15) is 5.69 Å². The maximum Gasteiger partial charge on any atom is 0.393 e.